The maximum atomic E-state index is 12.9. The van der Waals surface area contributed by atoms with Gasteiger partial charge in [-0.05, 0) is 61.3 Å². The maximum absolute atomic E-state index is 12.9. The Labute approximate surface area is 155 Å². The lowest BCUT2D eigenvalue weighted by Crippen LogP contribution is -2.56. The van der Waals surface area contributed by atoms with Gasteiger partial charge >= 0.3 is 0 Å². The summed E-state index contributed by atoms with van der Waals surface area (Å²) in [5.74, 6) is 3.26. The highest BCUT2D eigenvalue weighted by atomic mass is 16.2. The van der Waals surface area contributed by atoms with E-state index in [0.717, 1.165) is 17.4 Å². The van der Waals surface area contributed by atoms with Gasteiger partial charge in [0.25, 0.3) is 0 Å². The predicted octanol–water partition coefficient (Wildman–Crippen LogP) is 2.98. The summed E-state index contributed by atoms with van der Waals surface area (Å²) in [6.07, 6.45) is 7.03. The number of likely N-dealkylation sites (tertiary alicyclic amines) is 1. The van der Waals surface area contributed by atoms with Crippen molar-refractivity contribution in [3.05, 3.63) is 35.9 Å². The third-order valence-corrected chi connectivity index (χ3v) is 7.34. The van der Waals surface area contributed by atoms with E-state index in [-0.39, 0.29) is 17.7 Å². The van der Waals surface area contributed by atoms with E-state index in [0.29, 0.717) is 37.4 Å². The number of hydrogen-bond donors (Lipinski definition) is 1. The van der Waals surface area contributed by atoms with Crippen LogP contribution in [0.4, 0.5) is 0 Å². The number of nitrogens with zero attached hydrogens (tertiary/aromatic N) is 1. The molecule has 0 aromatic heterocycles. The van der Waals surface area contributed by atoms with E-state index in [1.54, 1.807) is 0 Å². The maximum Gasteiger partial charge on any atom is 0.225 e. The molecular formula is C22H28N2O2. The van der Waals surface area contributed by atoms with Crippen molar-refractivity contribution in [3.63, 3.8) is 0 Å². The summed E-state index contributed by atoms with van der Waals surface area (Å²) in [4.78, 5) is 27.1. The Kier molecular flexibility index (Phi) is 4.02. The van der Waals surface area contributed by atoms with Crippen molar-refractivity contribution in [2.45, 2.75) is 51.1 Å². The Balaban J connectivity index is 1.21. The molecule has 5 fully saturated rings. The fraction of sp³-hybridized carbons (Fsp3) is 0.636. The van der Waals surface area contributed by atoms with E-state index in [2.05, 4.69) is 5.32 Å². The molecule has 4 aliphatic carbocycles. The third-order valence-electron chi connectivity index (χ3n) is 7.34. The Morgan fingerprint density at radius 1 is 1.00 bits per heavy atom. The molecule has 4 heteroatoms. The van der Waals surface area contributed by atoms with Gasteiger partial charge in [-0.2, -0.15) is 0 Å². The number of amides is 2. The largest absolute Gasteiger partial charge is 0.353 e. The second kappa shape index (κ2) is 6.40. The van der Waals surface area contributed by atoms with E-state index in [1.165, 1.54) is 32.1 Å². The highest BCUT2D eigenvalue weighted by Crippen LogP contribution is 2.53. The van der Waals surface area contributed by atoms with Crippen molar-refractivity contribution in [3.8, 4) is 0 Å². The summed E-state index contributed by atoms with van der Waals surface area (Å²) in [6, 6.07) is 10.4. The van der Waals surface area contributed by atoms with E-state index < -0.39 is 0 Å². The highest BCUT2D eigenvalue weighted by Gasteiger charge is 2.49. The van der Waals surface area contributed by atoms with Crippen molar-refractivity contribution >= 4 is 11.8 Å². The summed E-state index contributed by atoms with van der Waals surface area (Å²) >= 11 is 0. The number of nitrogens with one attached hydrogen (secondary N) is 1. The highest BCUT2D eigenvalue weighted by molar-refractivity contribution is 5.89. The van der Waals surface area contributed by atoms with E-state index >= 15 is 0 Å². The van der Waals surface area contributed by atoms with Crippen molar-refractivity contribution in [1.82, 2.24) is 10.2 Å². The molecule has 5 aliphatic rings. The zero-order chi connectivity index (χ0) is 17.7. The zero-order valence-corrected chi connectivity index (χ0v) is 15.3. The number of carbonyl (C=O) groups excluding carboxylic acids is 2. The molecule has 1 heterocycles. The van der Waals surface area contributed by atoms with E-state index in [1.807, 2.05) is 35.2 Å². The van der Waals surface area contributed by atoms with Crippen LogP contribution in [-0.4, -0.2) is 29.3 Å². The molecule has 138 valence electrons. The first-order valence-corrected chi connectivity index (χ1v) is 10.3. The van der Waals surface area contributed by atoms with Crippen molar-refractivity contribution in [2.24, 2.45) is 29.6 Å². The molecular weight excluding hydrogens is 324 g/mol. The topological polar surface area (TPSA) is 49.4 Å². The fourth-order valence-corrected chi connectivity index (χ4v) is 6.35. The van der Waals surface area contributed by atoms with Gasteiger partial charge in [0.2, 0.25) is 11.8 Å². The molecule has 0 spiro atoms. The Hall–Kier alpha value is -1.84. The fourth-order valence-electron chi connectivity index (χ4n) is 6.35. The second-order valence-corrected chi connectivity index (χ2v) is 9.13. The van der Waals surface area contributed by atoms with Crippen molar-refractivity contribution < 1.29 is 9.59 Å². The predicted molar refractivity (Wildman–Crippen MR) is 98.9 cm³/mol. The van der Waals surface area contributed by atoms with Crippen LogP contribution in [-0.2, 0) is 16.1 Å². The average Bonchev–Trinajstić information content (AvgIpc) is 2.99. The van der Waals surface area contributed by atoms with Gasteiger partial charge < -0.3 is 10.2 Å². The molecule has 1 aromatic rings. The van der Waals surface area contributed by atoms with Gasteiger partial charge in [-0.3, -0.25) is 9.59 Å². The van der Waals surface area contributed by atoms with E-state index in [4.69, 9.17) is 0 Å². The average molecular weight is 352 g/mol. The molecule has 0 radical (unpaired) electrons. The van der Waals surface area contributed by atoms with Crippen LogP contribution in [0.2, 0.25) is 0 Å². The standard InChI is InChI=1S/C22H28N2O2/c25-20-11-19(13-24(20)12-14-4-2-1-3-5-14)22(26)23-21-17-7-15-6-16(9-17)10-18(21)8-15/h1-5,15-19,21H,6-13H2,(H,23,26). The molecule has 26 heavy (non-hydrogen) atoms. The molecule has 4 saturated carbocycles. The van der Waals surface area contributed by atoms with Gasteiger partial charge in [0.15, 0.2) is 0 Å². The van der Waals surface area contributed by atoms with Crippen LogP contribution in [0.15, 0.2) is 30.3 Å². The molecule has 1 unspecified atom stereocenters. The Morgan fingerprint density at radius 2 is 1.65 bits per heavy atom. The molecule has 1 N–H and O–H groups in total. The minimum atomic E-state index is -0.177. The molecule has 1 saturated heterocycles. The van der Waals surface area contributed by atoms with Crippen LogP contribution < -0.4 is 5.32 Å². The molecule has 6 rings (SSSR count). The second-order valence-electron chi connectivity index (χ2n) is 9.13. The van der Waals surface area contributed by atoms with Crippen molar-refractivity contribution in [1.29, 1.82) is 0 Å². The monoisotopic (exact) mass is 352 g/mol. The lowest BCUT2D eigenvalue weighted by Gasteiger charge is -2.54. The summed E-state index contributed by atoms with van der Waals surface area (Å²) in [5, 5.41) is 3.39. The summed E-state index contributed by atoms with van der Waals surface area (Å²) in [7, 11) is 0. The van der Waals surface area contributed by atoms with Gasteiger partial charge in [0, 0.05) is 25.6 Å². The first-order chi connectivity index (χ1) is 12.7. The molecule has 1 aliphatic heterocycles. The number of carbonyl (C=O) groups is 2. The normalized spacial score (nSPS) is 38.0. The number of rotatable bonds is 4. The summed E-state index contributed by atoms with van der Waals surface area (Å²) in [6.45, 7) is 1.17. The lowest BCUT2D eigenvalue weighted by molar-refractivity contribution is -0.130. The van der Waals surface area contributed by atoms with Gasteiger partial charge in [0.05, 0.1) is 5.92 Å². The van der Waals surface area contributed by atoms with Crippen LogP contribution in [0, 0.1) is 29.6 Å². The van der Waals surface area contributed by atoms with Gasteiger partial charge in [-0.25, -0.2) is 0 Å². The lowest BCUT2D eigenvalue weighted by atomic mass is 9.54. The van der Waals surface area contributed by atoms with Gasteiger partial charge in [-0.15, -0.1) is 0 Å². The van der Waals surface area contributed by atoms with E-state index in [9.17, 15) is 9.59 Å². The first kappa shape index (κ1) is 16.3. The van der Waals surface area contributed by atoms with Crippen LogP contribution >= 0.6 is 0 Å². The molecule has 4 nitrogen and oxygen atoms in total. The molecule has 1 atom stereocenters. The van der Waals surface area contributed by atoms with Crippen molar-refractivity contribution in [2.75, 3.05) is 6.54 Å². The first-order valence-electron chi connectivity index (χ1n) is 10.3. The smallest absolute Gasteiger partial charge is 0.225 e. The zero-order valence-electron chi connectivity index (χ0n) is 15.3. The van der Waals surface area contributed by atoms with Gasteiger partial charge in [-0.1, -0.05) is 30.3 Å². The molecule has 1 aromatic carbocycles. The quantitative estimate of drug-likeness (QED) is 0.906. The Morgan fingerprint density at radius 3 is 2.31 bits per heavy atom. The minimum absolute atomic E-state index is 0.110. The van der Waals surface area contributed by atoms with Crippen LogP contribution in [0.25, 0.3) is 0 Å². The van der Waals surface area contributed by atoms with Crippen LogP contribution in [0.3, 0.4) is 0 Å². The number of hydrogen-bond acceptors (Lipinski definition) is 2. The van der Waals surface area contributed by atoms with Crippen LogP contribution in [0.5, 0.6) is 0 Å². The SMILES string of the molecule is O=C(NC1C2CC3CC(C2)CC1C3)C1CC(=O)N(Cc2ccccc2)C1. The molecule has 4 bridgehead atoms. The number of benzene rings is 1. The Bertz CT molecular complexity index is 673. The van der Waals surface area contributed by atoms with Gasteiger partial charge in [0.1, 0.15) is 0 Å². The summed E-state index contributed by atoms with van der Waals surface area (Å²) in [5.41, 5.74) is 1.13. The summed E-state index contributed by atoms with van der Waals surface area (Å²) < 4.78 is 0. The molecule has 2 amide bonds. The van der Waals surface area contributed by atoms with Crippen LogP contribution in [0.1, 0.15) is 44.1 Å². The minimum Gasteiger partial charge on any atom is -0.353 e. The third kappa shape index (κ3) is 2.93.